The molecule has 0 aromatic heterocycles. The summed E-state index contributed by atoms with van der Waals surface area (Å²) in [5.74, 6) is -5.00. The normalized spacial score (nSPS) is 15.1. The van der Waals surface area contributed by atoms with Crippen molar-refractivity contribution in [2.45, 2.75) is 60.4 Å². The van der Waals surface area contributed by atoms with Gasteiger partial charge in [0.1, 0.15) is 6.04 Å². The third-order valence-corrected chi connectivity index (χ3v) is 7.29. The van der Waals surface area contributed by atoms with Crippen molar-refractivity contribution < 1.29 is 38.5 Å². The Labute approximate surface area is 236 Å². The molecule has 4 unspecified atom stereocenters. The van der Waals surface area contributed by atoms with Crippen LogP contribution in [0.3, 0.4) is 0 Å². The van der Waals surface area contributed by atoms with Crippen LogP contribution in [-0.4, -0.2) is 41.6 Å². The Kier molecular flexibility index (Phi) is 11.9. The van der Waals surface area contributed by atoms with Crippen LogP contribution in [0.2, 0.25) is 0 Å². The van der Waals surface area contributed by atoms with Crippen molar-refractivity contribution >= 4 is 23.9 Å². The summed E-state index contributed by atoms with van der Waals surface area (Å²) in [5.41, 5.74) is 6.90. The van der Waals surface area contributed by atoms with E-state index in [4.69, 9.17) is 19.9 Å². The third-order valence-electron chi connectivity index (χ3n) is 7.29. The fraction of sp³-hybridized carbons (Fsp3) is 0.484. The lowest BCUT2D eigenvalue weighted by atomic mass is 9.82. The molecule has 0 spiro atoms. The van der Waals surface area contributed by atoms with E-state index in [1.807, 2.05) is 27.7 Å². The molecule has 0 saturated heterocycles. The van der Waals surface area contributed by atoms with Gasteiger partial charge in [-0.15, -0.1) is 0 Å². The average Bonchev–Trinajstić information content (AvgIpc) is 2.92. The summed E-state index contributed by atoms with van der Waals surface area (Å²) in [6.45, 7) is 12.6. The lowest BCUT2D eigenvalue weighted by molar-refractivity contribution is -0.142. The van der Waals surface area contributed by atoms with Gasteiger partial charge in [0, 0.05) is 5.92 Å². The fourth-order valence-electron chi connectivity index (χ4n) is 3.85. The lowest BCUT2D eigenvalue weighted by Gasteiger charge is -2.28. The van der Waals surface area contributed by atoms with Gasteiger partial charge in [0.15, 0.2) is 11.5 Å². The van der Waals surface area contributed by atoms with Crippen LogP contribution in [0.1, 0.15) is 70.3 Å². The van der Waals surface area contributed by atoms with Crippen LogP contribution in [0.4, 0.5) is 0 Å². The minimum absolute atomic E-state index is 0.00449. The second-order valence-corrected chi connectivity index (χ2v) is 10.9. The van der Waals surface area contributed by atoms with Gasteiger partial charge in [-0.05, 0) is 47.6 Å². The summed E-state index contributed by atoms with van der Waals surface area (Å²) in [5, 5.41) is 9.77. The van der Waals surface area contributed by atoms with Crippen molar-refractivity contribution in [2.24, 2.45) is 35.3 Å². The van der Waals surface area contributed by atoms with Crippen molar-refractivity contribution in [1.29, 1.82) is 0 Å². The average molecular weight is 556 g/mol. The number of carbonyl (C=O) groups excluding carboxylic acids is 3. The predicted octanol–water partition coefficient (Wildman–Crippen LogP) is 5.07. The molecule has 0 bridgehead atoms. The number of carbonyl (C=O) groups is 4. The zero-order chi connectivity index (χ0) is 30.1. The Bertz CT molecular complexity index is 1180. The number of carboxylic acids is 1. The minimum atomic E-state index is -1.36. The number of ether oxygens (including phenoxy) is 3. The quantitative estimate of drug-likeness (QED) is 0.256. The summed E-state index contributed by atoms with van der Waals surface area (Å²) < 4.78 is 16.8. The highest BCUT2D eigenvalue weighted by molar-refractivity contribution is 5.89. The first-order valence-electron chi connectivity index (χ1n) is 13.5. The molecule has 0 radical (unpaired) electrons. The van der Waals surface area contributed by atoms with Crippen LogP contribution in [0, 0.1) is 29.6 Å². The Morgan fingerprint density at radius 1 is 0.775 bits per heavy atom. The van der Waals surface area contributed by atoms with E-state index in [1.165, 1.54) is 12.1 Å². The topological polar surface area (TPSA) is 142 Å². The van der Waals surface area contributed by atoms with E-state index in [-0.39, 0.29) is 29.9 Å². The van der Waals surface area contributed by atoms with Crippen molar-refractivity contribution in [2.75, 3.05) is 6.61 Å². The number of esters is 3. The van der Waals surface area contributed by atoms with E-state index in [1.54, 1.807) is 57.2 Å². The van der Waals surface area contributed by atoms with Gasteiger partial charge in [0.2, 0.25) is 0 Å². The monoisotopic (exact) mass is 555 g/mol. The van der Waals surface area contributed by atoms with Crippen LogP contribution in [0.25, 0.3) is 0 Å². The highest BCUT2D eigenvalue weighted by Gasteiger charge is 2.33. The predicted molar refractivity (Wildman–Crippen MR) is 150 cm³/mol. The molecule has 0 aliphatic carbocycles. The van der Waals surface area contributed by atoms with E-state index >= 15 is 0 Å². The molecule has 0 aliphatic rings. The standard InChI is InChI=1S/C31H41NO8/c1-17(2)20(6)29(35)39-24-14-13-23(15-25(24)40-30(36)21(7)18(3)4)26(27(32)28(33)34)19(5)16-38-31(37)22-11-9-8-10-12-22/h8-15,17-21,26-27H,16,32H2,1-7H3,(H,33,34)/t19?,20?,21?,26?,27-/m0/s1. The maximum absolute atomic E-state index is 12.9. The zero-order valence-corrected chi connectivity index (χ0v) is 24.2. The molecule has 40 heavy (non-hydrogen) atoms. The molecule has 218 valence electrons. The zero-order valence-electron chi connectivity index (χ0n) is 24.2. The van der Waals surface area contributed by atoms with Gasteiger partial charge in [-0.3, -0.25) is 14.4 Å². The molecular weight excluding hydrogens is 514 g/mol. The summed E-state index contributed by atoms with van der Waals surface area (Å²) in [4.78, 5) is 50.0. The summed E-state index contributed by atoms with van der Waals surface area (Å²) >= 11 is 0. The second-order valence-electron chi connectivity index (χ2n) is 10.9. The fourth-order valence-corrected chi connectivity index (χ4v) is 3.85. The van der Waals surface area contributed by atoms with Gasteiger partial charge in [-0.1, -0.05) is 72.7 Å². The largest absolute Gasteiger partial charge is 0.480 e. The molecule has 2 aromatic carbocycles. The molecule has 9 nitrogen and oxygen atoms in total. The van der Waals surface area contributed by atoms with Crippen LogP contribution in [-0.2, 0) is 19.1 Å². The molecule has 0 aliphatic heterocycles. The first-order chi connectivity index (χ1) is 18.7. The van der Waals surface area contributed by atoms with Gasteiger partial charge >= 0.3 is 23.9 Å². The van der Waals surface area contributed by atoms with Gasteiger partial charge in [0.05, 0.1) is 24.0 Å². The van der Waals surface area contributed by atoms with Gasteiger partial charge in [-0.25, -0.2) is 4.79 Å². The Balaban J connectivity index is 2.44. The van der Waals surface area contributed by atoms with Crippen LogP contribution in [0.5, 0.6) is 11.5 Å². The first-order valence-corrected chi connectivity index (χ1v) is 13.5. The third kappa shape index (κ3) is 8.64. The molecule has 2 aromatic rings. The molecule has 0 fully saturated rings. The van der Waals surface area contributed by atoms with Crippen LogP contribution in [0.15, 0.2) is 48.5 Å². The molecule has 0 saturated carbocycles. The van der Waals surface area contributed by atoms with Crippen LogP contribution >= 0.6 is 0 Å². The summed E-state index contributed by atoms with van der Waals surface area (Å²) in [7, 11) is 0. The number of hydrogen-bond donors (Lipinski definition) is 2. The Morgan fingerprint density at radius 3 is 1.80 bits per heavy atom. The van der Waals surface area contributed by atoms with E-state index in [0.717, 1.165) is 0 Å². The maximum Gasteiger partial charge on any atom is 0.338 e. The van der Waals surface area contributed by atoms with Crippen LogP contribution < -0.4 is 15.2 Å². The number of benzene rings is 2. The van der Waals surface area contributed by atoms with E-state index in [0.29, 0.717) is 11.1 Å². The number of aliphatic carboxylic acids is 1. The van der Waals surface area contributed by atoms with E-state index in [9.17, 15) is 24.3 Å². The molecule has 3 N–H and O–H groups in total. The number of carboxylic acid groups (broad SMARTS) is 1. The lowest BCUT2D eigenvalue weighted by Crippen LogP contribution is -2.40. The molecule has 2 rings (SSSR count). The first kappa shape index (κ1) is 32.5. The summed E-state index contributed by atoms with van der Waals surface area (Å²) in [6, 6.07) is 11.6. The molecular formula is C31H41NO8. The number of nitrogens with two attached hydrogens (primary N) is 1. The van der Waals surface area contributed by atoms with E-state index in [2.05, 4.69) is 0 Å². The van der Waals surface area contributed by atoms with Crippen molar-refractivity contribution in [3.8, 4) is 11.5 Å². The van der Waals surface area contributed by atoms with Crippen molar-refractivity contribution in [3.63, 3.8) is 0 Å². The number of hydrogen-bond acceptors (Lipinski definition) is 8. The van der Waals surface area contributed by atoms with Gasteiger partial charge in [-0.2, -0.15) is 0 Å². The highest BCUT2D eigenvalue weighted by atomic mass is 16.6. The molecule has 0 heterocycles. The SMILES string of the molecule is CC(C)C(C)C(=O)Oc1ccc(C(C(C)COC(=O)c2ccccc2)[C@H](N)C(=O)O)cc1OC(=O)C(C)C(C)C. The molecule has 0 amide bonds. The second kappa shape index (κ2) is 14.6. The van der Waals surface area contributed by atoms with Crippen molar-refractivity contribution in [1.82, 2.24) is 0 Å². The number of rotatable bonds is 13. The Hall–Kier alpha value is -3.72. The maximum atomic E-state index is 12.9. The van der Waals surface area contributed by atoms with Gasteiger partial charge in [0.25, 0.3) is 0 Å². The smallest absolute Gasteiger partial charge is 0.338 e. The molecule has 9 heteroatoms. The Morgan fingerprint density at radius 2 is 1.30 bits per heavy atom. The van der Waals surface area contributed by atoms with Gasteiger partial charge < -0.3 is 25.1 Å². The van der Waals surface area contributed by atoms with E-state index < -0.39 is 53.6 Å². The summed E-state index contributed by atoms with van der Waals surface area (Å²) in [6.07, 6.45) is 0. The molecule has 5 atom stereocenters. The van der Waals surface area contributed by atoms with Crippen molar-refractivity contribution in [3.05, 3.63) is 59.7 Å². The minimum Gasteiger partial charge on any atom is -0.480 e. The highest BCUT2D eigenvalue weighted by Crippen LogP contribution is 2.37.